The predicted molar refractivity (Wildman–Crippen MR) is 105 cm³/mol. The summed E-state index contributed by atoms with van der Waals surface area (Å²) in [4.78, 5) is 0. The maximum Gasteiger partial charge on any atom is 0.130 e. The van der Waals surface area contributed by atoms with Crippen LogP contribution in [-0.4, -0.2) is 0 Å². The fraction of sp³-hybridized carbons (Fsp3) is 0.217. The van der Waals surface area contributed by atoms with E-state index in [-0.39, 0.29) is 0 Å². The van der Waals surface area contributed by atoms with E-state index in [0.717, 1.165) is 34.1 Å². The summed E-state index contributed by atoms with van der Waals surface area (Å²) in [5.74, 6) is 3.38. The molecule has 0 aliphatic carbocycles. The van der Waals surface area contributed by atoms with Gasteiger partial charge >= 0.3 is 0 Å². The lowest BCUT2D eigenvalue weighted by atomic mass is 10.1. The smallest absolute Gasteiger partial charge is 0.130 e. The van der Waals surface area contributed by atoms with E-state index in [1.807, 2.05) is 80.6 Å². The van der Waals surface area contributed by atoms with E-state index in [1.165, 1.54) is 5.56 Å². The van der Waals surface area contributed by atoms with Crippen LogP contribution in [0.1, 0.15) is 30.5 Å². The summed E-state index contributed by atoms with van der Waals surface area (Å²) in [5, 5.41) is 0. The van der Waals surface area contributed by atoms with Crippen molar-refractivity contribution in [1.82, 2.24) is 0 Å². The first-order valence-electron chi connectivity index (χ1n) is 8.71. The number of para-hydroxylation sites is 1. The van der Waals surface area contributed by atoms with Crippen LogP contribution in [0, 0.1) is 20.8 Å². The van der Waals surface area contributed by atoms with Crippen LogP contribution in [0.15, 0.2) is 66.7 Å². The summed E-state index contributed by atoms with van der Waals surface area (Å²) in [7, 11) is 0. The van der Waals surface area contributed by atoms with Gasteiger partial charge in [0, 0.05) is 0 Å². The summed E-state index contributed by atoms with van der Waals surface area (Å²) in [6.45, 7) is 10.2. The maximum absolute atomic E-state index is 5.99. The Morgan fingerprint density at radius 2 is 0.960 bits per heavy atom. The summed E-state index contributed by atoms with van der Waals surface area (Å²) < 4.78 is 11.9. The fourth-order valence-electron chi connectivity index (χ4n) is 2.34. The van der Waals surface area contributed by atoms with E-state index in [4.69, 9.17) is 9.47 Å². The second-order valence-corrected chi connectivity index (χ2v) is 5.64. The summed E-state index contributed by atoms with van der Waals surface area (Å²) in [5.41, 5.74) is 3.38. The van der Waals surface area contributed by atoms with Gasteiger partial charge in [0.1, 0.15) is 23.0 Å². The Morgan fingerprint density at radius 3 is 1.44 bits per heavy atom. The Hall–Kier alpha value is -2.74. The van der Waals surface area contributed by atoms with Crippen LogP contribution in [0.3, 0.4) is 0 Å². The van der Waals surface area contributed by atoms with Crippen LogP contribution in [0.4, 0.5) is 0 Å². The molecule has 0 N–H and O–H groups in total. The van der Waals surface area contributed by atoms with Crippen LogP contribution in [0.2, 0.25) is 0 Å². The number of aryl methyl sites for hydroxylation is 1. The molecular formula is C23H26O2. The third kappa shape index (κ3) is 4.87. The van der Waals surface area contributed by atoms with E-state index >= 15 is 0 Å². The number of hydrogen-bond donors (Lipinski definition) is 0. The van der Waals surface area contributed by atoms with Gasteiger partial charge in [0.25, 0.3) is 0 Å². The highest BCUT2D eigenvalue weighted by atomic mass is 16.5. The van der Waals surface area contributed by atoms with Gasteiger partial charge in [-0.15, -0.1) is 0 Å². The van der Waals surface area contributed by atoms with Crippen LogP contribution >= 0.6 is 0 Å². The average molecular weight is 334 g/mol. The van der Waals surface area contributed by atoms with Crippen molar-refractivity contribution < 1.29 is 9.47 Å². The molecule has 0 heterocycles. The monoisotopic (exact) mass is 334 g/mol. The number of ether oxygens (including phenoxy) is 2. The molecule has 25 heavy (non-hydrogen) atoms. The molecule has 3 rings (SSSR count). The molecule has 0 fully saturated rings. The highest BCUT2D eigenvalue weighted by Gasteiger charge is 2.10. The standard InChI is InChI=1S/C21H20O2.C2H6/c1-15-9-11-19(12-10-15)23-21-14-13-20(16(2)17(21)3)22-18-7-5-4-6-8-18;1-2/h4-14H,1-3H3;1-2H3. The van der Waals surface area contributed by atoms with E-state index in [2.05, 4.69) is 20.8 Å². The Balaban J connectivity index is 0.00000109. The van der Waals surface area contributed by atoms with Crippen molar-refractivity contribution in [2.75, 3.05) is 0 Å². The van der Waals surface area contributed by atoms with E-state index in [9.17, 15) is 0 Å². The zero-order valence-corrected chi connectivity index (χ0v) is 15.7. The molecule has 0 aliphatic heterocycles. The Kier molecular flexibility index (Phi) is 6.64. The van der Waals surface area contributed by atoms with E-state index < -0.39 is 0 Å². The van der Waals surface area contributed by atoms with Gasteiger partial charge in [-0.2, -0.15) is 0 Å². The predicted octanol–water partition coefficient (Wildman–Crippen LogP) is 7.22. The quantitative estimate of drug-likeness (QED) is 0.501. The van der Waals surface area contributed by atoms with Crippen LogP contribution in [-0.2, 0) is 0 Å². The van der Waals surface area contributed by atoms with Gasteiger partial charge in [-0.1, -0.05) is 49.7 Å². The lowest BCUT2D eigenvalue weighted by molar-refractivity contribution is 0.463. The van der Waals surface area contributed by atoms with Gasteiger partial charge in [-0.25, -0.2) is 0 Å². The number of hydrogen-bond acceptors (Lipinski definition) is 2. The number of rotatable bonds is 4. The Morgan fingerprint density at radius 1 is 0.520 bits per heavy atom. The van der Waals surface area contributed by atoms with Gasteiger partial charge < -0.3 is 9.47 Å². The highest BCUT2D eigenvalue weighted by molar-refractivity contribution is 5.50. The molecular weight excluding hydrogens is 308 g/mol. The molecule has 3 aromatic rings. The zero-order chi connectivity index (χ0) is 18.2. The second kappa shape index (κ2) is 8.93. The fourth-order valence-corrected chi connectivity index (χ4v) is 2.34. The molecule has 0 radical (unpaired) electrons. The van der Waals surface area contributed by atoms with Crippen molar-refractivity contribution in [2.45, 2.75) is 34.6 Å². The minimum absolute atomic E-state index is 0.835. The molecule has 0 saturated heterocycles. The van der Waals surface area contributed by atoms with Gasteiger partial charge in [0.2, 0.25) is 0 Å². The zero-order valence-electron chi connectivity index (χ0n) is 15.7. The Labute approximate surface area is 151 Å². The van der Waals surface area contributed by atoms with Crippen molar-refractivity contribution in [3.05, 3.63) is 83.4 Å². The lowest BCUT2D eigenvalue weighted by Crippen LogP contribution is -1.94. The van der Waals surface area contributed by atoms with Gasteiger partial charge in [0.05, 0.1) is 0 Å². The second-order valence-electron chi connectivity index (χ2n) is 5.64. The molecule has 2 heteroatoms. The summed E-state index contributed by atoms with van der Waals surface area (Å²) >= 11 is 0. The lowest BCUT2D eigenvalue weighted by Gasteiger charge is -2.15. The first-order chi connectivity index (χ1) is 12.1. The molecule has 0 atom stereocenters. The first kappa shape index (κ1) is 18.6. The van der Waals surface area contributed by atoms with Gasteiger partial charge in [0.15, 0.2) is 0 Å². The van der Waals surface area contributed by atoms with Crippen molar-refractivity contribution in [3.63, 3.8) is 0 Å². The van der Waals surface area contributed by atoms with Crippen LogP contribution in [0.25, 0.3) is 0 Å². The largest absolute Gasteiger partial charge is 0.457 e. The van der Waals surface area contributed by atoms with Crippen molar-refractivity contribution in [2.24, 2.45) is 0 Å². The summed E-state index contributed by atoms with van der Waals surface area (Å²) in [6.07, 6.45) is 0. The molecule has 0 saturated carbocycles. The molecule has 0 aliphatic rings. The molecule has 2 nitrogen and oxygen atoms in total. The van der Waals surface area contributed by atoms with E-state index in [0.29, 0.717) is 0 Å². The van der Waals surface area contributed by atoms with Crippen LogP contribution < -0.4 is 9.47 Å². The normalized spacial score (nSPS) is 9.80. The van der Waals surface area contributed by atoms with Crippen molar-refractivity contribution in [1.29, 1.82) is 0 Å². The summed E-state index contributed by atoms with van der Waals surface area (Å²) in [6, 6.07) is 21.8. The molecule has 0 aromatic heterocycles. The maximum atomic E-state index is 5.99. The highest BCUT2D eigenvalue weighted by Crippen LogP contribution is 2.34. The van der Waals surface area contributed by atoms with Crippen molar-refractivity contribution >= 4 is 0 Å². The first-order valence-corrected chi connectivity index (χ1v) is 8.71. The van der Waals surface area contributed by atoms with Crippen molar-refractivity contribution in [3.8, 4) is 23.0 Å². The average Bonchev–Trinajstić information content (AvgIpc) is 2.66. The minimum atomic E-state index is 0.835. The van der Waals surface area contributed by atoms with E-state index in [1.54, 1.807) is 0 Å². The van der Waals surface area contributed by atoms with Gasteiger partial charge in [-0.3, -0.25) is 0 Å². The SMILES string of the molecule is CC.Cc1ccc(Oc2ccc(Oc3ccccc3)c(C)c2C)cc1. The molecule has 0 bridgehead atoms. The Bertz CT molecular complexity index is 790. The topological polar surface area (TPSA) is 18.5 Å². The molecule has 130 valence electrons. The van der Waals surface area contributed by atoms with Gasteiger partial charge in [-0.05, 0) is 68.3 Å². The molecule has 3 aromatic carbocycles. The third-order valence-corrected chi connectivity index (χ3v) is 3.91. The third-order valence-electron chi connectivity index (χ3n) is 3.91. The molecule has 0 unspecified atom stereocenters. The molecule has 0 amide bonds. The van der Waals surface area contributed by atoms with Crippen LogP contribution in [0.5, 0.6) is 23.0 Å². The molecule has 0 spiro atoms. The number of benzene rings is 3. The minimum Gasteiger partial charge on any atom is -0.457 e.